The molecule has 9 heavy (non-hydrogen) atoms. The predicted molar refractivity (Wildman–Crippen MR) is 36.3 cm³/mol. The molecule has 0 radical (unpaired) electrons. The van der Waals surface area contributed by atoms with Crippen LogP contribution in [0.2, 0.25) is 0 Å². The quantitative estimate of drug-likeness (QED) is 0.427. The third-order valence-electron chi connectivity index (χ3n) is 1.33. The van der Waals surface area contributed by atoms with E-state index in [1.54, 1.807) is 0 Å². The third kappa shape index (κ3) is 2.79. The molecule has 0 saturated carbocycles. The van der Waals surface area contributed by atoms with E-state index in [9.17, 15) is 5.21 Å². The summed E-state index contributed by atoms with van der Waals surface area (Å²) >= 11 is 0. The van der Waals surface area contributed by atoms with Crippen LogP contribution < -0.4 is 0 Å². The molecule has 0 saturated heterocycles. The average Bonchev–Trinajstić information content (AvgIpc) is 1.89. The Hall–Kier alpha value is -0.120. The van der Waals surface area contributed by atoms with Gasteiger partial charge in [0.2, 0.25) is 0 Å². The normalized spacial score (nSPS) is 12.0. The first-order valence-electron chi connectivity index (χ1n) is 3.41. The molecular weight excluding hydrogens is 118 g/mol. The predicted octanol–water partition coefficient (Wildman–Crippen LogP) is 1.29. The van der Waals surface area contributed by atoms with Gasteiger partial charge in [-0.25, -0.2) is 9.65 Å². The van der Waals surface area contributed by atoms with E-state index in [4.69, 9.17) is 4.84 Å². The Morgan fingerprint density at radius 2 is 1.67 bits per heavy atom. The number of nitrogens with zero attached hydrogens (tertiary/aromatic N) is 1. The minimum atomic E-state index is -0.517. The summed E-state index contributed by atoms with van der Waals surface area (Å²) in [6, 6.07) is 0. The van der Waals surface area contributed by atoms with E-state index < -0.39 is 4.81 Å². The maximum atomic E-state index is 11.2. The van der Waals surface area contributed by atoms with Gasteiger partial charge in [-0.05, 0) is 20.8 Å². The molecule has 0 rings (SSSR count). The number of hydrogen-bond acceptors (Lipinski definition) is 2. The molecule has 56 valence electrons. The molecule has 0 aromatic rings. The first kappa shape index (κ1) is 8.88. The van der Waals surface area contributed by atoms with E-state index in [0.717, 1.165) is 0 Å². The van der Waals surface area contributed by atoms with Gasteiger partial charge in [-0.2, -0.15) is 0 Å². The summed E-state index contributed by atoms with van der Waals surface area (Å²) in [6.07, 6.45) is 0. The van der Waals surface area contributed by atoms with Crippen molar-refractivity contribution in [2.24, 2.45) is 0 Å². The minimum Gasteiger partial charge on any atom is -0.598 e. The second kappa shape index (κ2) is 3.82. The van der Waals surface area contributed by atoms with Crippen LogP contribution in [0, 0.1) is 5.21 Å². The van der Waals surface area contributed by atoms with Gasteiger partial charge in [-0.1, -0.05) is 0 Å². The lowest BCUT2D eigenvalue weighted by Crippen LogP contribution is -2.41. The van der Waals surface area contributed by atoms with Gasteiger partial charge in [0, 0.05) is 0 Å². The average molecular weight is 133 g/mol. The first-order valence-corrected chi connectivity index (χ1v) is 3.41. The maximum Gasteiger partial charge on any atom is 0.106 e. The second-order valence-electron chi connectivity index (χ2n) is 1.86. The molecule has 0 aliphatic heterocycles. The summed E-state index contributed by atoms with van der Waals surface area (Å²) in [5.41, 5.74) is 0. The Balaban J connectivity index is 3.62. The van der Waals surface area contributed by atoms with Gasteiger partial charge in [0.1, 0.15) is 19.7 Å². The van der Waals surface area contributed by atoms with Gasteiger partial charge >= 0.3 is 0 Å². The summed E-state index contributed by atoms with van der Waals surface area (Å²) in [6.45, 7) is 6.95. The molecule has 0 fully saturated rings. The van der Waals surface area contributed by atoms with Crippen molar-refractivity contribution in [1.82, 2.24) is 0 Å². The van der Waals surface area contributed by atoms with Gasteiger partial charge in [0.25, 0.3) is 0 Å². The highest BCUT2D eigenvalue weighted by Crippen LogP contribution is 2.02. The van der Waals surface area contributed by atoms with Gasteiger partial charge in [-0.15, -0.1) is 0 Å². The van der Waals surface area contributed by atoms with Crippen molar-refractivity contribution >= 4 is 0 Å². The summed E-state index contributed by atoms with van der Waals surface area (Å²) in [5, 5.41) is 11.2. The molecule has 0 unspecified atom stereocenters. The third-order valence-corrected chi connectivity index (χ3v) is 1.33. The topological polar surface area (TPSA) is 32.3 Å². The van der Waals surface area contributed by atoms with Gasteiger partial charge < -0.3 is 5.21 Å². The van der Waals surface area contributed by atoms with Crippen molar-refractivity contribution in [1.29, 1.82) is 0 Å². The summed E-state index contributed by atoms with van der Waals surface area (Å²) in [4.78, 5) is 4.39. The molecular formula is C6H15NO2. The highest BCUT2D eigenvalue weighted by atomic mass is 16.9. The number of rotatable bonds is 4. The summed E-state index contributed by atoms with van der Waals surface area (Å²) in [5.74, 6) is 0. The van der Waals surface area contributed by atoms with Crippen LogP contribution in [0.5, 0.6) is 0 Å². The van der Waals surface area contributed by atoms with Crippen molar-refractivity contribution in [3.8, 4) is 0 Å². The van der Waals surface area contributed by atoms with Crippen LogP contribution in [-0.4, -0.2) is 24.5 Å². The van der Waals surface area contributed by atoms with Crippen LogP contribution >= 0.6 is 0 Å². The van der Waals surface area contributed by atoms with Gasteiger partial charge in [0.05, 0.1) is 0 Å². The molecule has 0 aliphatic rings. The molecule has 3 nitrogen and oxygen atoms in total. The van der Waals surface area contributed by atoms with Crippen molar-refractivity contribution in [2.75, 3.05) is 19.7 Å². The number of hydrogen-bond donors (Lipinski definition) is 0. The highest BCUT2D eigenvalue weighted by molar-refractivity contribution is 4.22. The summed E-state index contributed by atoms with van der Waals surface area (Å²) in [7, 11) is 0. The fourth-order valence-corrected chi connectivity index (χ4v) is 0.641. The highest BCUT2D eigenvalue weighted by Gasteiger charge is 2.10. The maximum absolute atomic E-state index is 11.2. The lowest BCUT2D eigenvalue weighted by Gasteiger charge is -2.36. The molecule has 0 amide bonds. The van der Waals surface area contributed by atoms with Crippen LogP contribution in [0.4, 0.5) is 0 Å². The van der Waals surface area contributed by atoms with Crippen LogP contribution in [0.15, 0.2) is 0 Å². The molecule has 0 aliphatic carbocycles. The zero-order chi connectivity index (χ0) is 7.33. The molecule has 0 spiro atoms. The molecule has 0 aromatic heterocycles. The van der Waals surface area contributed by atoms with Crippen LogP contribution in [-0.2, 0) is 4.84 Å². The largest absolute Gasteiger partial charge is 0.598 e. The van der Waals surface area contributed by atoms with Gasteiger partial charge in [0.15, 0.2) is 0 Å². The lowest BCUT2D eigenvalue weighted by atomic mass is 10.6. The van der Waals surface area contributed by atoms with Crippen molar-refractivity contribution in [3.63, 3.8) is 0 Å². The second-order valence-corrected chi connectivity index (χ2v) is 1.86. The molecule has 0 heterocycles. The Kier molecular flexibility index (Phi) is 3.77. The monoisotopic (exact) mass is 133 g/mol. The lowest BCUT2D eigenvalue weighted by molar-refractivity contribution is -1.06. The van der Waals surface area contributed by atoms with Crippen molar-refractivity contribution in [3.05, 3.63) is 5.21 Å². The van der Waals surface area contributed by atoms with E-state index >= 15 is 0 Å². The smallest absolute Gasteiger partial charge is 0.106 e. The zero-order valence-electron chi connectivity index (χ0n) is 6.39. The fraction of sp³-hybridized carbons (Fsp3) is 1.00. The minimum absolute atomic E-state index is 0.490. The Morgan fingerprint density at radius 1 is 1.22 bits per heavy atom. The van der Waals surface area contributed by atoms with Crippen molar-refractivity contribution < 1.29 is 9.65 Å². The molecule has 0 N–H and O–H groups in total. The Labute approximate surface area is 56.3 Å². The molecule has 3 heteroatoms. The van der Waals surface area contributed by atoms with E-state index in [1.807, 2.05) is 20.8 Å². The summed E-state index contributed by atoms with van der Waals surface area (Å²) < 4.78 is 0. The van der Waals surface area contributed by atoms with E-state index in [1.165, 1.54) is 0 Å². The Bertz CT molecular complexity index is 71.5. The fourth-order valence-electron chi connectivity index (χ4n) is 0.641. The Morgan fingerprint density at radius 3 is 1.78 bits per heavy atom. The zero-order valence-corrected chi connectivity index (χ0v) is 6.39. The van der Waals surface area contributed by atoms with Gasteiger partial charge in [-0.3, -0.25) is 0 Å². The van der Waals surface area contributed by atoms with Crippen molar-refractivity contribution in [2.45, 2.75) is 20.8 Å². The van der Waals surface area contributed by atoms with E-state index in [0.29, 0.717) is 19.7 Å². The standard InChI is InChI=1S/C6H15NO2/c1-4-7(8,5-2)9-6-3/h4-6H2,1-3H3. The van der Waals surface area contributed by atoms with Crippen LogP contribution in [0.3, 0.4) is 0 Å². The molecule has 0 aromatic carbocycles. The number of hydroxylamine groups is 4. The molecule has 0 atom stereocenters. The van der Waals surface area contributed by atoms with Crippen LogP contribution in [0.1, 0.15) is 20.8 Å². The molecule has 0 bridgehead atoms. The first-order chi connectivity index (χ1) is 4.18. The SMILES string of the molecule is CCO[N+]([O-])(CC)CC. The van der Waals surface area contributed by atoms with E-state index in [-0.39, 0.29) is 0 Å². The van der Waals surface area contributed by atoms with Crippen LogP contribution in [0.25, 0.3) is 0 Å². The number of quaternary nitrogens is 1. The van der Waals surface area contributed by atoms with E-state index in [2.05, 4.69) is 0 Å².